The molecule has 0 radical (unpaired) electrons. The quantitative estimate of drug-likeness (QED) is 0.468. The predicted molar refractivity (Wildman–Crippen MR) is 70.1 cm³/mol. The Morgan fingerprint density at radius 1 is 1.41 bits per heavy atom. The van der Waals surface area contributed by atoms with E-state index in [9.17, 15) is 9.90 Å². The first-order chi connectivity index (χ1) is 7.51. The third-order valence-corrected chi connectivity index (χ3v) is 7.51. The van der Waals surface area contributed by atoms with Crippen molar-refractivity contribution in [1.82, 2.24) is 0 Å². The monoisotopic (exact) mass is 260 g/mol. The Hall–Kier alpha value is -0.813. The van der Waals surface area contributed by atoms with Crippen LogP contribution in [0.25, 0.3) is 0 Å². The van der Waals surface area contributed by atoms with E-state index in [4.69, 9.17) is 4.43 Å². The Morgan fingerprint density at radius 3 is 2.24 bits per heavy atom. The van der Waals surface area contributed by atoms with E-state index in [0.29, 0.717) is 5.76 Å². The fourth-order valence-corrected chi connectivity index (χ4v) is 2.10. The molecule has 0 amide bonds. The van der Waals surface area contributed by atoms with Gasteiger partial charge in [-0.25, -0.2) is 4.79 Å². The summed E-state index contributed by atoms with van der Waals surface area (Å²) in [6.45, 7) is 14.3. The summed E-state index contributed by atoms with van der Waals surface area (Å²) in [5, 5.41) is 9.55. The molecule has 0 aromatic heterocycles. The summed E-state index contributed by atoms with van der Waals surface area (Å²) < 4.78 is 10.3. The third kappa shape index (κ3) is 4.91. The minimum atomic E-state index is -1.94. The van der Waals surface area contributed by atoms with Gasteiger partial charge in [-0.3, -0.25) is 0 Å². The maximum absolute atomic E-state index is 11.1. The molecule has 0 aliphatic carbocycles. The zero-order valence-electron chi connectivity index (χ0n) is 11.7. The average Bonchev–Trinajstić information content (AvgIpc) is 2.13. The Bertz CT molecular complexity index is 291. The van der Waals surface area contributed by atoms with Crippen LogP contribution in [0.15, 0.2) is 12.3 Å². The van der Waals surface area contributed by atoms with Crippen molar-refractivity contribution < 1.29 is 19.1 Å². The highest BCUT2D eigenvalue weighted by molar-refractivity contribution is 6.74. The average molecular weight is 260 g/mol. The molecule has 0 rings (SSSR count). The number of carbonyl (C=O) groups excluding carboxylic acids is 1. The van der Waals surface area contributed by atoms with Crippen LogP contribution >= 0.6 is 0 Å². The summed E-state index contributed by atoms with van der Waals surface area (Å²) in [7, 11) is -0.703. The van der Waals surface area contributed by atoms with E-state index in [-0.39, 0.29) is 11.5 Å². The standard InChI is InChI=1S/C12H24O4Si/c1-9(8-10(13)11(14)15-5)16-17(6,7)12(2,3)4/h10,13H,1,8H2,2-7H3. The van der Waals surface area contributed by atoms with Gasteiger partial charge in [0, 0.05) is 6.42 Å². The minimum Gasteiger partial charge on any atom is -0.547 e. The van der Waals surface area contributed by atoms with Crippen LogP contribution in [-0.2, 0) is 14.0 Å². The lowest BCUT2D eigenvalue weighted by molar-refractivity contribution is -0.150. The van der Waals surface area contributed by atoms with Crippen molar-refractivity contribution in [1.29, 1.82) is 0 Å². The second kappa shape index (κ2) is 5.69. The molecule has 0 aromatic carbocycles. The molecule has 100 valence electrons. The van der Waals surface area contributed by atoms with Gasteiger partial charge in [0.1, 0.15) is 0 Å². The van der Waals surface area contributed by atoms with E-state index in [0.717, 1.165) is 0 Å². The fourth-order valence-electron chi connectivity index (χ4n) is 0.991. The van der Waals surface area contributed by atoms with Crippen LogP contribution in [0.3, 0.4) is 0 Å². The normalized spacial score (nSPS) is 14.1. The Morgan fingerprint density at radius 2 is 1.88 bits per heavy atom. The first-order valence-corrected chi connectivity index (χ1v) is 8.55. The van der Waals surface area contributed by atoms with Gasteiger partial charge in [0.05, 0.1) is 12.9 Å². The van der Waals surface area contributed by atoms with E-state index in [1.165, 1.54) is 7.11 Å². The molecular formula is C12H24O4Si. The van der Waals surface area contributed by atoms with Crippen LogP contribution in [-0.4, -0.2) is 32.6 Å². The van der Waals surface area contributed by atoms with Gasteiger partial charge in [0.2, 0.25) is 8.32 Å². The summed E-state index contributed by atoms with van der Waals surface area (Å²) in [6.07, 6.45) is -1.11. The maximum atomic E-state index is 11.1. The summed E-state index contributed by atoms with van der Waals surface area (Å²) in [5.74, 6) is -0.223. The van der Waals surface area contributed by atoms with Gasteiger partial charge >= 0.3 is 5.97 Å². The molecule has 0 heterocycles. The molecule has 0 aliphatic heterocycles. The highest BCUT2D eigenvalue weighted by atomic mass is 28.4. The SMILES string of the molecule is C=C(CC(O)C(=O)OC)O[Si](C)(C)C(C)(C)C. The fraction of sp³-hybridized carbons (Fsp3) is 0.750. The van der Waals surface area contributed by atoms with Crippen LogP contribution < -0.4 is 0 Å². The third-order valence-electron chi connectivity index (χ3n) is 3.10. The molecule has 0 saturated heterocycles. The number of aliphatic hydroxyl groups is 1. The molecule has 1 N–H and O–H groups in total. The molecule has 1 unspecified atom stereocenters. The largest absolute Gasteiger partial charge is 0.547 e. The topological polar surface area (TPSA) is 55.8 Å². The van der Waals surface area contributed by atoms with Crippen molar-refractivity contribution >= 4 is 14.3 Å². The Balaban J connectivity index is 4.43. The molecular weight excluding hydrogens is 236 g/mol. The number of esters is 1. The van der Waals surface area contributed by atoms with Crippen molar-refractivity contribution in [3.8, 4) is 0 Å². The van der Waals surface area contributed by atoms with Gasteiger partial charge in [-0.1, -0.05) is 27.4 Å². The lowest BCUT2D eigenvalue weighted by atomic mass is 10.2. The summed E-state index contributed by atoms with van der Waals surface area (Å²) in [4.78, 5) is 11.1. The molecule has 4 nitrogen and oxygen atoms in total. The zero-order valence-corrected chi connectivity index (χ0v) is 12.7. The molecule has 0 spiro atoms. The van der Waals surface area contributed by atoms with Gasteiger partial charge in [-0.15, -0.1) is 0 Å². The second-order valence-corrected chi connectivity index (χ2v) is 10.4. The van der Waals surface area contributed by atoms with E-state index in [1.54, 1.807) is 0 Å². The molecule has 1 atom stereocenters. The van der Waals surface area contributed by atoms with Crippen LogP contribution in [0.1, 0.15) is 27.2 Å². The molecule has 0 fully saturated rings. The van der Waals surface area contributed by atoms with Gasteiger partial charge in [-0.05, 0) is 18.1 Å². The first kappa shape index (κ1) is 16.2. The lowest BCUT2D eigenvalue weighted by Crippen LogP contribution is -2.40. The molecule has 0 aromatic rings. The van der Waals surface area contributed by atoms with Crippen molar-refractivity contribution in [2.75, 3.05) is 7.11 Å². The molecule has 5 heteroatoms. The van der Waals surface area contributed by atoms with Crippen molar-refractivity contribution in [3.63, 3.8) is 0 Å². The van der Waals surface area contributed by atoms with Gasteiger partial charge in [0.15, 0.2) is 6.10 Å². The van der Waals surface area contributed by atoms with E-state index >= 15 is 0 Å². The minimum absolute atomic E-state index is 0.0617. The predicted octanol–water partition coefficient (Wildman–Crippen LogP) is 2.45. The first-order valence-electron chi connectivity index (χ1n) is 5.64. The van der Waals surface area contributed by atoms with Crippen molar-refractivity contribution in [2.24, 2.45) is 0 Å². The summed E-state index contributed by atoms with van der Waals surface area (Å²) in [6, 6.07) is 0. The van der Waals surface area contributed by atoms with Gasteiger partial charge < -0.3 is 14.3 Å². The smallest absolute Gasteiger partial charge is 0.335 e. The molecule has 0 bridgehead atoms. The van der Waals surface area contributed by atoms with Gasteiger partial charge in [-0.2, -0.15) is 0 Å². The number of rotatable bonds is 5. The number of hydrogen-bond acceptors (Lipinski definition) is 4. The Labute approximate surface area is 105 Å². The number of hydrogen-bond donors (Lipinski definition) is 1. The Kier molecular flexibility index (Phi) is 5.41. The second-order valence-electron chi connectivity index (χ2n) is 5.64. The van der Waals surface area contributed by atoms with E-state index in [2.05, 4.69) is 45.2 Å². The highest BCUT2D eigenvalue weighted by Gasteiger charge is 2.39. The molecule has 0 aliphatic rings. The molecule has 0 saturated carbocycles. The number of carbonyl (C=O) groups is 1. The zero-order chi connectivity index (χ0) is 13.9. The molecule has 17 heavy (non-hydrogen) atoms. The lowest BCUT2D eigenvalue weighted by Gasteiger charge is -2.37. The number of methoxy groups -OCH3 is 1. The van der Waals surface area contributed by atoms with E-state index < -0.39 is 20.4 Å². The van der Waals surface area contributed by atoms with Gasteiger partial charge in [0.25, 0.3) is 0 Å². The van der Waals surface area contributed by atoms with Crippen LogP contribution in [0.4, 0.5) is 0 Å². The van der Waals surface area contributed by atoms with Crippen LogP contribution in [0.2, 0.25) is 18.1 Å². The number of ether oxygens (including phenoxy) is 1. The van der Waals surface area contributed by atoms with E-state index in [1.807, 2.05) is 0 Å². The summed E-state index contributed by atoms with van der Waals surface area (Å²) >= 11 is 0. The van der Waals surface area contributed by atoms with Crippen LogP contribution in [0, 0.1) is 0 Å². The van der Waals surface area contributed by atoms with Crippen LogP contribution in [0.5, 0.6) is 0 Å². The maximum Gasteiger partial charge on any atom is 0.335 e. The number of aliphatic hydroxyl groups excluding tert-OH is 1. The van der Waals surface area contributed by atoms with Crippen molar-refractivity contribution in [2.45, 2.75) is 51.4 Å². The summed E-state index contributed by atoms with van der Waals surface area (Å²) in [5.41, 5.74) is 0. The highest BCUT2D eigenvalue weighted by Crippen LogP contribution is 2.38. The van der Waals surface area contributed by atoms with Crippen molar-refractivity contribution in [3.05, 3.63) is 12.3 Å².